The fourth-order valence-corrected chi connectivity index (χ4v) is 4.71. The first-order valence-corrected chi connectivity index (χ1v) is 16.3. The number of benzene rings is 2. The smallest absolute Gasteiger partial charge is 0.203 e. The molecule has 1 unspecified atom stereocenters. The molecule has 0 saturated heterocycles. The average molecular weight is 619 g/mol. The summed E-state index contributed by atoms with van der Waals surface area (Å²) in [6, 6.07) is 10.3. The Balaban J connectivity index is 0.00000496. The van der Waals surface area contributed by atoms with Crippen molar-refractivity contribution in [3.8, 4) is 17.2 Å². The van der Waals surface area contributed by atoms with E-state index in [0.717, 1.165) is 40.9 Å². The van der Waals surface area contributed by atoms with Crippen LogP contribution in [-0.2, 0) is 9.47 Å². The second-order valence-corrected chi connectivity index (χ2v) is 11.0. The molecular weight excluding hydrogens is 560 g/mol. The van der Waals surface area contributed by atoms with Crippen LogP contribution in [0.1, 0.15) is 95.9 Å². The van der Waals surface area contributed by atoms with Gasteiger partial charge in [0, 0.05) is 6.42 Å². The number of methoxy groups -OCH3 is 4. The van der Waals surface area contributed by atoms with Crippen LogP contribution in [0.3, 0.4) is 0 Å². The van der Waals surface area contributed by atoms with Crippen molar-refractivity contribution in [3.05, 3.63) is 94.5 Å². The quantitative estimate of drug-likeness (QED) is 0.0945. The minimum atomic E-state index is 0.00659. The Morgan fingerprint density at radius 1 is 0.844 bits per heavy atom. The van der Waals surface area contributed by atoms with E-state index in [1.165, 1.54) is 24.8 Å². The highest BCUT2D eigenvalue weighted by atomic mass is 16.5. The number of rotatable bonds is 18. The van der Waals surface area contributed by atoms with Crippen LogP contribution < -0.4 is 14.2 Å². The summed E-state index contributed by atoms with van der Waals surface area (Å²) >= 11 is 0. The zero-order chi connectivity index (χ0) is 33.8. The SMILES string of the molecule is C=C(/C=C(/C=C/c1ccc(/C=C/c2cc(OC)c(OC(C)C)c(OC)c2)cc1C)\C=C(/CC(CC)CCCC)OC)OC.CC. The number of hydrogen-bond donors (Lipinski definition) is 0. The standard InChI is InChI=1S/C38H52O5.C2H6/c1-11-13-14-30(12-2)23-35(40-8)24-32(22-29(6)39-7)18-20-34-19-17-31(21-28(34)5)15-16-33-25-36(41-9)38(43-27(3)4)37(26-33)42-10;1-2/h15-22,24-27,30H,6,11-14,23H2,1-5,7-10H3;1-2H3/b16-15+,20-18+,32-22-,35-24+;. The van der Waals surface area contributed by atoms with Crippen LogP contribution in [0.25, 0.3) is 18.2 Å². The molecule has 5 nitrogen and oxygen atoms in total. The molecule has 0 aliphatic heterocycles. The molecule has 0 N–H and O–H groups in total. The van der Waals surface area contributed by atoms with E-state index in [0.29, 0.717) is 28.9 Å². The summed E-state index contributed by atoms with van der Waals surface area (Å²) in [5.41, 5.74) is 5.33. The second-order valence-electron chi connectivity index (χ2n) is 11.0. The molecule has 2 rings (SSSR count). The molecule has 0 bridgehead atoms. The molecule has 0 radical (unpaired) electrons. The lowest BCUT2D eigenvalue weighted by atomic mass is 9.94. The van der Waals surface area contributed by atoms with Crippen molar-refractivity contribution in [1.82, 2.24) is 0 Å². The van der Waals surface area contributed by atoms with E-state index in [4.69, 9.17) is 23.7 Å². The predicted molar refractivity (Wildman–Crippen MR) is 193 cm³/mol. The van der Waals surface area contributed by atoms with E-state index in [-0.39, 0.29) is 6.10 Å². The zero-order valence-electron chi connectivity index (χ0n) is 29.8. The Labute approximate surface area is 274 Å². The molecule has 0 amide bonds. The Kier molecular flexibility index (Phi) is 19.0. The van der Waals surface area contributed by atoms with Gasteiger partial charge in [-0.1, -0.05) is 102 Å². The minimum Gasteiger partial charge on any atom is -0.501 e. The van der Waals surface area contributed by atoms with E-state index in [9.17, 15) is 0 Å². The third kappa shape index (κ3) is 13.8. The van der Waals surface area contributed by atoms with Crippen molar-refractivity contribution in [2.75, 3.05) is 28.4 Å². The lowest BCUT2D eigenvalue weighted by Crippen LogP contribution is -2.08. The Morgan fingerprint density at radius 3 is 2.00 bits per heavy atom. The predicted octanol–water partition coefficient (Wildman–Crippen LogP) is 11.2. The van der Waals surface area contributed by atoms with E-state index in [2.05, 4.69) is 69.9 Å². The number of hydrogen-bond acceptors (Lipinski definition) is 5. The molecule has 1 atom stereocenters. The van der Waals surface area contributed by atoms with Crippen LogP contribution in [0.5, 0.6) is 17.2 Å². The molecule has 248 valence electrons. The minimum absolute atomic E-state index is 0.00659. The largest absolute Gasteiger partial charge is 0.501 e. The van der Waals surface area contributed by atoms with Gasteiger partial charge < -0.3 is 23.7 Å². The molecule has 2 aromatic rings. The number of unbranched alkanes of at least 4 members (excludes halogenated alkanes) is 1. The number of aryl methyl sites for hydroxylation is 1. The van der Waals surface area contributed by atoms with Crippen LogP contribution in [0.15, 0.2) is 72.2 Å². The molecule has 5 heteroatoms. The van der Waals surface area contributed by atoms with Crippen molar-refractivity contribution in [3.63, 3.8) is 0 Å². The molecular formula is C40H58O5. The summed E-state index contributed by atoms with van der Waals surface area (Å²) in [5, 5.41) is 0. The molecule has 45 heavy (non-hydrogen) atoms. The topological polar surface area (TPSA) is 46.2 Å². The summed E-state index contributed by atoms with van der Waals surface area (Å²) in [4.78, 5) is 0. The highest BCUT2D eigenvalue weighted by Crippen LogP contribution is 2.39. The van der Waals surface area contributed by atoms with Crippen molar-refractivity contribution in [2.24, 2.45) is 5.92 Å². The van der Waals surface area contributed by atoms with Gasteiger partial charge in [0.1, 0.15) is 5.76 Å². The van der Waals surface area contributed by atoms with Gasteiger partial charge in [0.05, 0.1) is 40.3 Å². The molecule has 0 spiro atoms. The van der Waals surface area contributed by atoms with Gasteiger partial charge in [-0.05, 0) is 78.8 Å². The third-order valence-corrected chi connectivity index (χ3v) is 7.27. The molecule has 2 aromatic carbocycles. The molecule has 0 aromatic heterocycles. The van der Waals surface area contributed by atoms with Gasteiger partial charge in [0.15, 0.2) is 11.5 Å². The number of ether oxygens (including phenoxy) is 5. The summed E-state index contributed by atoms with van der Waals surface area (Å²) < 4.78 is 28.3. The van der Waals surface area contributed by atoms with E-state index in [1.807, 2.05) is 52.0 Å². The highest BCUT2D eigenvalue weighted by Gasteiger charge is 2.15. The van der Waals surface area contributed by atoms with Gasteiger partial charge in [-0.2, -0.15) is 0 Å². The Morgan fingerprint density at radius 2 is 1.49 bits per heavy atom. The summed E-state index contributed by atoms with van der Waals surface area (Å²) in [7, 11) is 6.66. The van der Waals surface area contributed by atoms with E-state index >= 15 is 0 Å². The highest BCUT2D eigenvalue weighted by molar-refractivity contribution is 5.74. The zero-order valence-corrected chi connectivity index (χ0v) is 29.8. The van der Waals surface area contributed by atoms with E-state index in [1.54, 1.807) is 28.4 Å². The lowest BCUT2D eigenvalue weighted by molar-refractivity contribution is 0.218. The Bertz CT molecular complexity index is 1270. The van der Waals surface area contributed by atoms with Crippen LogP contribution in [0.4, 0.5) is 0 Å². The summed E-state index contributed by atoms with van der Waals surface area (Å²) in [6.45, 7) is 18.6. The van der Waals surface area contributed by atoms with Gasteiger partial charge in [0.2, 0.25) is 5.75 Å². The monoisotopic (exact) mass is 618 g/mol. The molecule has 0 fully saturated rings. The first-order chi connectivity index (χ1) is 21.7. The molecule has 0 saturated carbocycles. The third-order valence-electron chi connectivity index (χ3n) is 7.27. The van der Waals surface area contributed by atoms with Gasteiger partial charge in [-0.25, -0.2) is 0 Å². The van der Waals surface area contributed by atoms with Crippen LogP contribution in [-0.4, -0.2) is 34.5 Å². The maximum atomic E-state index is 5.93. The maximum Gasteiger partial charge on any atom is 0.203 e. The van der Waals surface area contributed by atoms with Gasteiger partial charge in [-0.15, -0.1) is 0 Å². The van der Waals surface area contributed by atoms with Crippen molar-refractivity contribution < 1.29 is 23.7 Å². The normalized spacial score (nSPS) is 12.6. The van der Waals surface area contributed by atoms with Gasteiger partial charge in [0.25, 0.3) is 0 Å². The number of allylic oxidation sites excluding steroid dienone is 5. The fourth-order valence-electron chi connectivity index (χ4n) is 4.71. The average Bonchev–Trinajstić information content (AvgIpc) is 3.05. The van der Waals surface area contributed by atoms with Crippen molar-refractivity contribution >= 4 is 18.2 Å². The first-order valence-electron chi connectivity index (χ1n) is 16.3. The van der Waals surface area contributed by atoms with Crippen LogP contribution in [0, 0.1) is 12.8 Å². The lowest BCUT2D eigenvalue weighted by Gasteiger charge is -2.17. The van der Waals surface area contributed by atoms with Crippen molar-refractivity contribution in [2.45, 2.75) is 86.7 Å². The fraction of sp³-hybridized carbons (Fsp3) is 0.450. The summed E-state index contributed by atoms with van der Waals surface area (Å²) in [6.07, 6.45) is 18.1. The van der Waals surface area contributed by atoms with Crippen molar-refractivity contribution in [1.29, 1.82) is 0 Å². The van der Waals surface area contributed by atoms with Gasteiger partial charge >= 0.3 is 0 Å². The van der Waals surface area contributed by atoms with Crippen LogP contribution >= 0.6 is 0 Å². The van der Waals surface area contributed by atoms with E-state index < -0.39 is 0 Å². The molecule has 0 aliphatic carbocycles. The first kappa shape index (κ1) is 39.2. The molecule has 0 heterocycles. The van der Waals surface area contributed by atoms with Gasteiger partial charge in [-0.3, -0.25) is 0 Å². The Hall–Kier alpha value is -3.86. The van der Waals surface area contributed by atoms with Crippen LogP contribution in [0.2, 0.25) is 0 Å². The summed E-state index contributed by atoms with van der Waals surface area (Å²) in [5.74, 6) is 4.07. The second kappa shape index (κ2) is 21.8. The maximum absolute atomic E-state index is 5.93. The molecule has 0 aliphatic rings.